The maximum Gasteiger partial charge on any atom is 0.243 e. The lowest BCUT2D eigenvalue weighted by Gasteiger charge is -2.37. The van der Waals surface area contributed by atoms with Gasteiger partial charge in [-0.2, -0.15) is 0 Å². The number of primary amides is 1. The second-order valence-electron chi connectivity index (χ2n) is 35.1. The summed E-state index contributed by atoms with van der Waals surface area (Å²) in [5, 5.41) is 5.07. The number of hydrogen-bond donors (Lipinski definition) is 9. The molecule has 3 aromatic heterocycles. The summed E-state index contributed by atoms with van der Waals surface area (Å²) in [6.07, 6.45) is 11.5. The van der Waals surface area contributed by atoms with E-state index in [1.54, 1.807) is 82.4 Å². The molecule has 33 heteroatoms. The number of aromatic amines is 3. The van der Waals surface area contributed by atoms with Crippen LogP contribution < -0.4 is 34.0 Å². The number of carbonyl (C=O) groups excluding carboxylic acids is 12. The lowest BCUT2D eigenvalue weighted by molar-refractivity contribution is -0.151. The Morgan fingerprint density at radius 1 is 0.297 bits per heavy atom. The molecule has 5 atom stereocenters. The molecule has 0 radical (unpaired) electrons. The Labute approximate surface area is 809 Å². The molecule has 3 heterocycles. The van der Waals surface area contributed by atoms with Crippen molar-refractivity contribution in [1.82, 2.24) is 79.2 Å². The Balaban J connectivity index is 0.924. The highest BCUT2D eigenvalue weighted by Crippen LogP contribution is 2.30. The number of benzene rings is 7. The first-order valence-electron chi connectivity index (χ1n) is 48.0. The summed E-state index contributed by atoms with van der Waals surface area (Å²) < 4.78 is 0. The fraction of sp³-hybridized carbons (Fsp3) is 0.419. The molecule has 0 saturated heterocycles. The third-order valence-electron chi connectivity index (χ3n) is 25.5. The van der Waals surface area contributed by atoms with Crippen LogP contribution >= 0.6 is 0 Å². The van der Waals surface area contributed by atoms with E-state index >= 15 is 43.2 Å². The maximum atomic E-state index is 16.0. The first kappa shape index (κ1) is 106. The summed E-state index contributed by atoms with van der Waals surface area (Å²) >= 11 is 0. The van der Waals surface area contributed by atoms with Crippen molar-refractivity contribution in [3.05, 3.63) is 270 Å². The first-order valence-corrected chi connectivity index (χ1v) is 48.0. The van der Waals surface area contributed by atoms with Gasteiger partial charge in [-0.15, -0.1) is 0 Å². The quantitative estimate of drug-likeness (QED) is 0.0162. The zero-order chi connectivity index (χ0) is 98.8. The fourth-order valence-corrected chi connectivity index (χ4v) is 17.1. The van der Waals surface area contributed by atoms with Crippen molar-refractivity contribution in [2.45, 2.75) is 135 Å². The number of fused-ring (bicyclic) bond motifs is 2. The number of amides is 12. The van der Waals surface area contributed by atoms with Crippen LogP contribution in [0, 0.1) is 0 Å². The van der Waals surface area contributed by atoms with Gasteiger partial charge in [-0.1, -0.05) is 188 Å². The number of nitrogens with zero attached hydrogens (tertiary/aromatic N) is 12. The minimum atomic E-state index is -0.854. The van der Waals surface area contributed by atoms with E-state index in [0.29, 0.717) is 86.0 Å². The normalized spacial score (nSPS) is 12.3. The number of aromatic nitrogens is 4. The molecule has 0 aliphatic rings. The SMILES string of the molecule is C[C@@H](c1ccccc1)N(CC(=O)N(CCCCN)CC(=O)N(CCc1c[nH]c2ccccc12)CC(=O)N(CCc1c[nH]c2ccccc12)CC(N)=O)C(=O)CN(CCc1c[nH]cn1)C(=O)CN(CCCCN)C(=O)CN(C(=O)CN(C(=O)CN(CCCCN)C(=O)CN(C(=O)CN(C(=O)CNCCCCN)[C@@H](C)c1ccccc1)[C@@H](C)c1ccccc1)[C@@H](C)c1ccccc1)[C@@H](C)c1ccccc1. The Bertz CT molecular complexity index is 5520. The molecule has 138 heavy (non-hydrogen) atoms. The molecule has 0 spiro atoms. The van der Waals surface area contributed by atoms with E-state index in [0.717, 1.165) is 51.3 Å². The molecule has 0 fully saturated rings. The van der Waals surface area contributed by atoms with Crippen LogP contribution in [0.4, 0.5) is 0 Å². The third kappa shape index (κ3) is 31.7. The van der Waals surface area contributed by atoms with E-state index in [-0.39, 0.29) is 84.2 Å². The van der Waals surface area contributed by atoms with Gasteiger partial charge in [0.2, 0.25) is 70.9 Å². The molecule has 736 valence electrons. The van der Waals surface area contributed by atoms with Crippen molar-refractivity contribution >= 4 is 92.7 Å². The van der Waals surface area contributed by atoms with Crippen molar-refractivity contribution in [3.63, 3.8) is 0 Å². The van der Waals surface area contributed by atoms with Gasteiger partial charge < -0.3 is 103 Å². The van der Waals surface area contributed by atoms with E-state index < -0.39 is 167 Å². The number of rotatable bonds is 59. The number of nitrogens with one attached hydrogen (secondary N) is 4. The number of unbranched alkanes of at least 4 members (excludes halogenated alkanes) is 4. The highest BCUT2D eigenvalue weighted by molar-refractivity contribution is 5.96. The topological polar surface area (TPSA) is 443 Å². The predicted octanol–water partition coefficient (Wildman–Crippen LogP) is 8.35. The van der Waals surface area contributed by atoms with Crippen LogP contribution in [0.15, 0.2) is 225 Å². The zero-order valence-corrected chi connectivity index (χ0v) is 80.4. The van der Waals surface area contributed by atoms with Crippen molar-refractivity contribution < 1.29 is 57.5 Å². The van der Waals surface area contributed by atoms with E-state index in [1.807, 2.05) is 171 Å². The summed E-state index contributed by atoms with van der Waals surface area (Å²) in [4.78, 5) is 212. The van der Waals surface area contributed by atoms with E-state index in [1.165, 1.54) is 60.2 Å². The van der Waals surface area contributed by atoms with Gasteiger partial charge in [0.05, 0.1) is 88.0 Å². The number of H-pyrrole nitrogens is 3. The van der Waals surface area contributed by atoms with Gasteiger partial charge in [0.25, 0.3) is 0 Å². The standard InChI is InChI=1S/C105H139N21O12/c1-77(82-33-11-6-12-34-82)122(95(128)64-111-54-29-25-50-106)74-104(137)124(79(3)84-37-15-8-16-38-84)73-101(134)118(57-32-28-53-109)69-102(135)126(81(5)86-41-19-10-20-42-86)75-105(138)125(80(4)85-39-17-9-18-40-85)72-100(133)117(56-31-27-52-108)67-98(131)121(60-49-89-63-112-76-115-89)70-103(136)123(78(2)83-35-13-7-14-36-83)71-99(132)116(55-30-26-51-107)66-97(130)120(59-48-88-62-114-93-46-24-22-44-91(88)93)68-96(129)119(65-94(110)127)58-47-87-61-113-92-45-23-21-43-90(87)92/h6-24,33-46,61-63,76-81,111,113-114H,25-32,47-60,64-75,106-109H2,1-5H3,(H2,110,127)(H,112,115)/t77-,78-,79-,80-,81-/m0/s1. The molecule has 10 rings (SSSR count). The molecule has 0 aliphatic carbocycles. The van der Waals surface area contributed by atoms with E-state index in [4.69, 9.17) is 28.7 Å². The van der Waals surface area contributed by atoms with Crippen molar-refractivity contribution in [1.29, 1.82) is 0 Å². The Hall–Kier alpha value is -13.7. The van der Waals surface area contributed by atoms with Crippen LogP contribution in [0.1, 0.15) is 161 Å². The number of nitrogens with two attached hydrogens (primary N) is 5. The smallest absolute Gasteiger partial charge is 0.243 e. The zero-order valence-electron chi connectivity index (χ0n) is 80.4. The Morgan fingerprint density at radius 2 is 0.565 bits per heavy atom. The molecular formula is C105H139N21O12. The number of para-hydroxylation sites is 2. The molecule has 7 aromatic carbocycles. The minimum Gasteiger partial charge on any atom is -0.368 e. The monoisotopic (exact) mass is 1890 g/mol. The largest absolute Gasteiger partial charge is 0.368 e. The van der Waals surface area contributed by atoms with Gasteiger partial charge in [0.1, 0.15) is 32.7 Å². The van der Waals surface area contributed by atoms with Crippen molar-refractivity contribution in [2.24, 2.45) is 28.7 Å². The number of imidazole rings is 1. The number of carbonyl (C=O) groups is 12. The summed E-state index contributed by atoms with van der Waals surface area (Å²) in [6, 6.07) is 57.2. The Kier molecular flexibility index (Phi) is 42.7. The fourth-order valence-electron chi connectivity index (χ4n) is 17.1. The lowest BCUT2D eigenvalue weighted by atomic mass is 10.0. The predicted molar refractivity (Wildman–Crippen MR) is 534 cm³/mol. The van der Waals surface area contributed by atoms with Crippen molar-refractivity contribution in [2.75, 3.05) is 151 Å². The van der Waals surface area contributed by atoms with Gasteiger partial charge in [0, 0.05) is 86.1 Å². The average molecular weight is 1890 g/mol. The van der Waals surface area contributed by atoms with Crippen LogP contribution in [0.25, 0.3) is 21.8 Å². The van der Waals surface area contributed by atoms with Gasteiger partial charge in [-0.3, -0.25) is 57.5 Å². The highest BCUT2D eigenvalue weighted by atomic mass is 16.2. The van der Waals surface area contributed by atoms with E-state index in [9.17, 15) is 14.4 Å². The first-order chi connectivity index (χ1) is 66.8. The molecule has 0 saturated carbocycles. The average Bonchev–Trinajstić information content (AvgIpc) is 1.30. The maximum absolute atomic E-state index is 16.0. The van der Waals surface area contributed by atoms with Gasteiger partial charge in [0.15, 0.2) is 0 Å². The second kappa shape index (κ2) is 55.5. The molecule has 12 amide bonds. The third-order valence-corrected chi connectivity index (χ3v) is 25.5. The molecule has 14 N–H and O–H groups in total. The highest BCUT2D eigenvalue weighted by Gasteiger charge is 2.38. The summed E-state index contributed by atoms with van der Waals surface area (Å²) in [5.74, 6) is -7.32. The summed E-state index contributed by atoms with van der Waals surface area (Å²) in [6.45, 7) is 4.62. The molecule has 0 bridgehead atoms. The van der Waals surface area contributed by atoms with Crippen LogP contribution in [-0.2, 0) is 76.8 Å². The Morgan fingerprint density at radius 3 is 0.884 bits per heavy atom. The summed E-state index contributed by atoms with van der Waals surface area (Å²) in [5.41, 5.74) is 37.4. The summed E-state index contributed by atoms with van der Waals surface area (Å²) in [7, 11) is 0. The van der Waals surface area contributed by atoms with Crippen LogP contribution in [0.2, 0.25) is 0 Å². The van der Waals surface area contributed by atoms with Gasteiger partial charge >= 0.3 is 0 Å². The van der Waals surface area contributed by atoms with Crippen LogP contribution in [0.3, 0.4) is 0 Å². The van der Waals surface area contributed by atoms with Gasteiger partial charge in [-0.25, -0.2) is 4.98 Å². The molecular weight excluding hydrogens is 1750 g/mol. The van der Waals surface area contributed by atoms with Gasteiger partial charge in [-0.05, 0) is 183 Å². The second-order valence-corrected chi connectivity index (χ2v) is 35.1. The van der Waals surface area contributed by atoms with E-state index in [2.05, 4.69) is 25.3 Å². The molecule has 33 nitrogen and oxygen atoms in total. The molecule has 0 unspecified atom stereocenters. The lowest BCUT2D eigenvalue weighted by Crippen LogP contribution is -2.54. The van der Waals surface area contributed by atoms with Crippen molar-refractivity contribution in [3.8, 4) is 0 Å². The minimum absolute atomic E-state index is 0.0143. The van der Waals surface area contributed by atoms with Crippen LogP contribution in [-0.4, -0.2) is 295 Å². The number of hydrogen-bond acceptors (Lipinski definition) is 18. The molecule has 0 aliphatic heterocycles. The van der Waals surface area contributed by atoms with Crippen LogP contribution in [0.5, 0.6) is 0 Å². The molecule has 10 aromatic rings.